The average Bonchev–Trinajstić information content (AvgIpc) is 3.54. The van der Waals surface area contributed by atoms with Gasteiger partial charge in [0, 0.05) is 23.1 Å². The molecule has 1 aliphatic rings. The Hall–Kier alpha value is -3.76. The second kappa shape index (κ2) is 10.4. The van der Waals surface area contributed by atoms with Crippen LogP contribution in [0.15, 0.2) is 47.4 Å². The lowest BCUT2D eigenvalue weighted by Gasteiger charge is -2.16. The first kappa shape index (κ1) is 26.8. The lowest BCUT2D eigenvalue weighted by atomic mass is 10.0. The van der Waals surface area contributed by atoms with Crippen molar-refractivity contribution < 1.29 is 17.9 Å². The molecule has 1 fully saturated rings. The van der Waals surface area contributed by atoms with Gasteiger partial charge in [-0.3, -0.25) is 4.79 Å². The third-order valence-electron chi connectivity index (χ3n) is 7.38. The minimum atomic E-state index is -3.88. The number of anilines is 1. The van der Waals surface area contributed by atoms with E-state index in [4.69, 9.17) is 9.72 Å². The van der Waals surface area contributed by atoms with Crippen molar-refractivity contribution in [3.63, 3.8) is 0 Å². The summed E-state index contributed by atoms with van der Waals surface area (Å²) in [6.07, 6.45) is 3.60. The van der Waals surface area contributed by atoms with Crippen molar-refractivity contribution in [1.29, 1.82) is 0 Å². The lowest BCUT2D eigenvalue weighted by Crippen LogP contribution is -2.32. The lowest BCUT2D eigenvalue weighted by molar-refractivity contribution is 0.102. The number of rotatable bonds is 7. The largest absolute Gasteiger partial charge is 0.495 e. The van der Waals surface area contributed by atoms with Crippen LogP contribution >= 0.6 is 0 Å². The first-order valence-electron chi connectivity index (χ1n) is 13.0. The highest BCUT2D eigenvalue weighted by Crippen LogP contribution is 2.35. The van der Waals surface area contributed by atoms with Gasteiger partial charge in [0.1, 0.15) is 10.6 Å². The minimum absolute atomic E-state index is 0.0130. The quantitative estimate of drug-likeness (QED) is 0.332. The third kappa shape index (κ3) is 5.14. The fraction of sp³-hybridized carbons (Fsp3) is 0.345. The number of benzene rings is 2. The molecule has 1 aliphatic carbocycles. The van der Waals surface area contributed by atoms with Crippen LogP contribution in [0.3, 0.4) is 0 Å². The van der Waals surface area contributed by atoms with Gasteiger partial charge in [0.25, 0.3) is 5.91 Å². The molecular formula is C29H33N5O4S. The fourth-order valence-electron chi connectivity index (χ4n) is 5.18. The number of hydrogen-bond donors (Lipinski definition) is 2. The molecule has 0 spiro atoms. The number of nitrogens with one attached hydrogen (secondary N) is 2. The van der Waals surface area contributed by atoms with Gasteiger partial charge in [0.05, 0.1) is 12.7 Å². The maximum absolute atomic E-state index is 13.7. The van der Waals surface area contributed by atoms with Gasteiger partial charge in [0.15, 0.2) is 11.3 Å². The number of nitrogens with zero attached hydrogens (tertiary/aromatic N) is 3. The first-order valence-corrected chi connectivity index (χ1v) is 14.5. The van der Waals surface area contributed by atoms with E-state index in [9.17, 15) is 13.2 Å². The molecule has 1 amide bonds. The number of fused-ring (bicyclic) bond motifs is 1. The summed E-state index contributed by atoms with van der Waals surface area (Å²) in [5.41, 5.74) is 5.81. The summed E-state index contributed by atoms with van der Waals surface area (Å²) in [7, 11) is -2.44. The van der Waals surface area contributed by atoms with E-state index in [0.717, 1.165) is 48.2 Å². The standard InChI is InChI=1S/C29H33N5O4S/c1-17-9-8-12-23(20(17)4)31-29(35)27-26(28-30-18(2)15-19(3)34(28)32-27)21-13-14-24(38-5)25(16-21)39(36,37)33-22-10-6-7-11-22/h8-9,12-16,22,33H,6-7,10-11H2,1-5H3,(H,31,35). The summed E-state index contributed by atoms with van der Waals surface area (Å²) >= 11 is 0. The summed E-state index contributed by atoms with van der Waals surface area (Å²) in [5.74, 6) is -0.187. The topological polar surface area (TPSA) is 115 Å². The van der Waals surface area contributed by atoms with E-state index in [1.165, 1.54) is 7.11 Å². The Morgan fingerprint density at radius 3 is 2.51 bits per heavy atom. The van der Waals surface area contributed by atoms with Gasteiger partial charge < -0.3 is 10.1 Å². The molecule has 0 aliphatic heterocycles. The second-order valence-corrected chi connectivity index (χ2v) is 11.9. The van der Waals surface area contributed by atoms with Gasteiger partial charge in [-0.15, -0.1) is 0 Å². The molecule has 0 radical (unpaired) electrons. The minimum Gasteiger partial charge on any atom is -0.495 e. The first-order chi connectivity index (χ1) is 18.6. The molecule has 1 saturated carbocycles. The van der Waals surface area contributed by atoms with Gasteiger partial charge in [-0.05, 0) is 81.5 Å². The van der Waals surface area contributed by atoms with Crippen LogP contribution in [0, 0.1) is 27.7 Å². The smallest absolute Gasteiger partial charge is 0.276 e. The molecule has 4 aromatic rings. The molecule has 2 N–H and O–H groups in total. The van der Waals surface area contributed by atoms with Crippen molar-refractivity contribution in [2.75, 3.05) is 12.4 Å². The summed E-state index contributed by atoms with van der Waals surface area (Å²) in [6, 6.07) is 12.4. The van der Waals surface area contributed by atoms with Gasteiger partial charge in [-0.25, -0.2) is 22.6 Å². The molecule has 39 heavy (non-hydrogen) atoms. The number of carbonyl (C=O) groups is 1. The predicted molar refractivity (Wildman–Crippen MR) is 151 cm³/mol. The Balaban J connectivity index is 1.67. The average molecular weight is 548 g/mol. The van der Waals surface area contributed by atoms with Crippen molar-refractivity contribution in [2.45, 2.75) is 64.3 Å². The maximum Gasteiger partial charge on any atom is 0.276 e. The fourth-order valence-corrected chi connectivity index (χ4v) is 6.68. The molecule has 9 nitrogen and oxygen atoms in total. The van der Waals surface area contributed by atoms with E-state index in [2.05, 4.69) is 15.1 Å². The van der Waals surface area contributed by atoms with Gasteiger partial charge >= 0.3 is 0 Å². The molecule has 0 saturated heterocycles. The SMILES string of the molecule is COc1ccc(-c2c(C(=O)Nc3cccc(C)c3C)nn3c(C)cc(C)nc23)cc1S(=O)(=O)NC1CCCC1. The predicted octanol–water partition coefficient (Wildman–Crippen LogP) is 5.11. The molecule has 2 heterocycles. The van der Waals surface area contributed by atoms with Crippen LogP contribution in [-0.4, -0.2) is 42.1 Å². The van der Waals surface area contributed by atoms with Crippen molar-refractivity contribution in [2.24, 2.45) is 0 Å². The van der Waals surface area contributed by atoms with Gasteiger partial charge in [0.2, 0.25) is 10.0 Å². The normalized spacial score (nSPS) is 14.2. The highest BCUT2D eigenvalue weighted by atomic mass is 32.2. The zero-order valence-corrected chi connectivity index (χ0v) is 23.6. The Morgan fingerprint density at radius 2 is 1.79 bits per heavy atom. The van der Waals surface area contributed by atoms with E-state index < -0.39 is 15.9 Å². The molecule has 0 bridgehead atoms. The van der Waals surface area contributed by atoms with Crippen LogP contribution < -0.4 is 14.8 Å². The molecule has 2 aromatic carbocycles. The van der Waals surface area contributed by atoms with Crippen LogP contribution in [0.5, 0.6) is 5.75 Å². The van der Waals surface area contributed by atoms with Gasteiger partial charge in [-0.1, -0.05) is 31.0 Å². The number of methoxy groups -OCH3 is 1. The Bertz CT molecular complexity index is 1690. The second-order valence-electron chi connectivity index (χ2n) is 10.2. The molecule has 204 valence electrons. The highest BCUT2D eigenvalue weighted by Gasteiger charge is 2.29. The van der Waals surface area contributed by atoms with Crippen LogP contribution in [0.4, 0.5) is 5.69 Å². The van der Waals surface area contributed by atoms with E-state index in [1.807, 2.05) is 52.0 Å². The molecule has 10 heteroatoms. The van der Waals surface area contributed by atoms with Crippen molar-refractivity contribution >= 4 is 27.3 Å². The monoisotopic (exact) mass is 547 g/mol. The Kier molecular flexibility index (Phi) is 7.17. The highest BCUT2D eigenvalue weighted by molar-refractivity contribution is 7.89. The van der Waals surface area contributed by atoms with Crippen LogP contribution in [0.1, 0.15) is 58.7 Å². The third-order valence-corrected chi connectivity index (χ3v) is 8.92. The van der Waals surface area contributed by atoms with Crippen LogP contribution in [0.2, 0.25) is 0 Å². The summed E-state index contributed by atoms with van der Waals surface area (Å²) < 4.78 is 36.9. The zero-order valence-electron chi connectivity index (χ0n) is 22.8. The van der Waals surface area contributed by atoms with Gasteiger partial charge in [-0.2, -0.15) is 5.10 Å². The number of amides is 1. The van der Waals surface area contributed by atoms with E-state index in [-0.39, 0.29) is 22.4 Å². The van der Waals surface area contributed by atoms with Crippen LogP contribution in [-0.2, 0) is 10.0 Å². The molecular weight excluding hydrogens is 514 g/mol. The molecule has 0 unspecified atom stereocenters. The molecule has 0 atom stereocenters. The van der Waals surface area contributed by atoms with E-state index in [1.54, 1.807) is 22.7 Å². The summed E-state index contributed by atoms with van der Waals surface area (Å²) in [4.78, 5) is 18.4. The van der Waals surface area contributed by atoms with Crippen molar-refractivity contribution in [1.82, 2.24) is 19.3 Å². The Morgan fingerprint density at radius 1 is 1.05 bits per heavy atom. The summed E-state index contributed by atoms with van der Waals surface area (Å²) in [6.45, 7) is 7.69. The number of ether oxygens (including phenoxy) is 1. The number of carbonyl (C=O) groups excluding carboxylic acids is 1. The summed E-state index contributed by atoms with van der Waals surface area (Å²) in [5, 5.41) is 7.63. The number of hydrogen-bond acceptors (Lipinski definition) is 6. The van der Waals surface area contributed by atoms with Crippen molar-refractivity contribution in [3.8, 4) is 16.9 Å². The zero-order chi connectivity index (χ0) is 27.9. The number of aryl methyl sites for hydroxylation is 3. The maximum atomic E-state index is 13.7. The number of sulfonamides is 1. The van der Waals surface area contributed by atoms with E-state index >= 15 is 0 Å². The molecule has 2 aromatic heterocycles. The molecule has 5 rings (SSSR count). The van der Waals surface area contributed by atoms with Crippen LogP contribution in [0.25, 0.3) is 16.8 Å². The van der Waals surface area contributed by atoms with E-state index in [0.29, 0.717) is 22.5 Å². The number of aromatic nitrogens is 3. The van der Waals surface area contributed by atoms with Crippen molar-refractivity contribution in [3.05, 3.63) is 70.7 Å². The Labute approximate surface area is 228 Å².